The van der Waals surface area contributed by atoms with Gasteiger partial charge in [0.05, 0.1) is 6.61 Å². The van der Waals surface area contributed by atoms with E-state index in [2.05, 4.69) is 27.3 Å². The number of aryl methyl sites for hydroxylation is 1. The topological polar surface area (TPSA) is 36.9 Å². The minimum absolute atomic E-state index is 0. The Kier molecular flexibility index (Phi) is 7.62. The summed E-state index contributed by atoms with van der Waals surface area (Å²) >= 11 is 5.91. The van der Waals surface area contributed by atoms with Crippen molar-refractivity contribution in [1.29, 1.82) is 0 Å². The number of hydrogen-bond donors (Lipinski definition) is 1. The van der Waals surface area contributed by atoms with Crippen molar-refractivity contribution in [2.75, 3.05) is 39.9 Å². The van der Waals surface area contributed by atoms with Crippen LogP contribution in [0, 0.1) is 5.41 Å². The molecule has 2 aliphatic heterocycles. The summed E-state index contributed by atoms with van der Waals surface area (Å²) in [6.45, 7) is 4.93. The third kappa shape index (κ3) is 4.99. The first-order valence-corrected chi connectivity index (χ1v) is 8.86. The maximum atomic E-state index is 5.91. The first-order chi connectivity index (χ1) is 11.2. The molecule has 0 bridgehead atoms. The molecule has 0 radical (unpaired) electrons. The number of nitrogens with one attached hydrogen (secondary N) is 1. The van der Waals surface area contributed by atoms with E-state index in [4.69, 9.17) is 16.3 Å². The normalized spacial score (nSPS) is 23.6. The van der Waals surface area contributed by atoms with Gasteiger partial charge in [-0.3, -0.25) is 4.99 Å². The summed E-state index contributed by atoms with van der Waals surface area (Å²) in [5.74, 6) is 1.03. The monoisotopic (exact) mass is 463 g/mol. The first-order valence-electron chi connectivity index (χ1n) is 8.49. The largest absolute Gasteiger partial charge is 0.381 e. The number of halogens is 2. The molecule has 134 valence electrons. The molecule has 6 heteroatoms. The van der Waals surface area contributed by atoms with Gasteiger partial charge in [0.25, 0.3) is 0 Å². The van der Waals surface area contributed by atoms with Gasteiger partial charge in [-0.05, 0) is 43.4 Å². The van der Waals surface area contributed by atoms with Gasteiger partial charge in [-0.15, -0.1) is 24.0 Å². The second-order valence-electron chi connectivity index (χ2n) is 6.68. The van der Waals surface area contributed by atoms with Gasteiger partial charge < -0.3 is 15.0 Å². The van der Waals surface area contributed by atoms with Crippen molar-refractivity contribution >= 4 is 41.5 Å². The Morgan fingerprint density at radius 1 is 1.33 bits per heavy atom. The zero-order valence-corrected chi connectivity index (χ0v) is 17.3. The number of hydrogen-bond acceptors (Lipinski definition) is 2. The third-order valence-electron chi connectivity index (χ3n) is 4.97. The lowest BCUT2D eigenvalue weighted by Crippen LogP contribution is -2.41. The van der Waals surface area contributed by atoms with Gasteiger partial charge in [-0.25, -0.2) is 0 Å². The number of rotatable bonds is 4. The van der Waals surface area contributed by atoms with Crippen LogP contribution in [0.3, 0.4) is 0 Å². The number of ether oxygens (including phenoxy) is 1. The lowest BCUT2D eigenvalue weighted by Gasteiger charge is -2.25. The van der Waals surface area contributed by atoms with Crippen molar-refractivity contribution in [3.05, 3.63) is 34.9 Å². The van der Waals surface area contributed by atoms with E-state index in [1.807, 2.05) is 19.2 Å². The lowest BCUT2D eigenvalue weighted by atomic mass is 9.87. The molecule has 0 aromatic heterocycles. The summed E-state index contributed by atoms with van der Waals surface area (Å²) in [7, 11) is 1.87. The molecule has 2 aliphatic rings. The maximum Gasteiger partial charge on any atom is 0.193 e. The average molecular weight is 464 g/mol. The number of aliphatic imine (C=N–C) groups is 1. The number of benzene rings is 1. The highest BCUT2D eigenvalue weighted by Gasteiger charge is 2.42. The van der Waals surface area contributed by atoms with Gasteiger partial charge >= 0.3 is 0 Å². The molecule has 3 rings (SSSR count). The molecule has 2 heterocycles. The molecule has 0 saturated carbocycles. The van der Waals surface area contributed by atoms with Crippen LogP contribution in [0.15, 0.2) is 29.3 Å². The van der Waals surface area contributed by atoms with Crippen LogP contribution in [0.5, 0.6) is 0 Å². The molecule has 1 spiro atoms. The second kappa shape index (κ2) is 9.25. The van der Waals surface area contributed by atoms with Crippen molar-refractivity contribution in [3.63, 3.8) is 0 Å². The van der Waals surface area contributed by atoms with Crippen LogP contribution in [-0.4, -0.2) is 50.8 Å². The van der Waals surface area contributed by atoms with Gasteiger partial charge in [-0.2, -0.15) is 0 Å². The Bertz CT molecular complexity index is 544. The van der Waals surface area contributed by atoms with E-state index in [-0.39, 0.29) is 24.0 Å². The second-order valence-corrected chi connectivity index (χ2v) is 7.11. The van der Waals surface area contributed by atoms with E-state index < -0.39 is 0 Å². The summed E-state index contributed by atoms with van der Waals surface area (Å²) in [6.07, 6.45) is 4.55. The Labute approximate surface area is 167 Å². The number of nitrogens with zero attached hydrogens (tertiary/aromatic N) is 2. The van der Waals surface area contributed by atoms with Crippen LogP contribution in [0.1, 0.15) is 24.8 Å². The van der Waals surface area contributed by atoms with Crippen molar-refractivity contribution in [3.8, 4) is 0 Å². The highest BCUT2D eigenvalue weighted by Crippen LogP contribution is 2.38. The summed E-state index contributed by atoms with van der Waals surface area (Å²) in [4.78, 5) is 6.84. The van der Waals surface area contributed by atoms with Crippen LogP contribution >= 0.6 is 35.6 Å². The first kappa shape index (κ1) is 19.8. The van der Waals surface area contributed by atoms with Crippen molar-refractivity contribution in [2.45, 2.75) is 25.7 Å². The van der Waals surface area contributed by atoms with E-state index in [1.165, 1.54) is 18.4 Å². The molecule has 4 nitrogen and oxygen atoms in total. The molecule has 1 aromatic carbocycles. The molecule has 0 amide bonds. The summed E-state index contributed by atoms with van der Waals surface area (Å²) in [6, 6.07) is 8.11. The van der Waals surface area contributed by atoms with E-state index in [0.717, 1.165) is 56.7 Å². The van der Waals surface area contributed by atoms with E-state index in [1.54, 1.807) is 0 Å². The van der Waals surface area contributed by atoms with Gasteiger partial charge in [-0.1, -0.05) is 23.7 Å². The summed E-state index contributed by atoms with van der Waals surface area (Å²) < 4.78 is 5.60. The van der Waals surface area contributed by atoms with Crippen LogP contribution in [0.4, 0.5) is 0 Å². The Balaban J connectivity index is 0.00000208. The molecule has 2 fully saturated rings. The number of likely N-dealkylation sites (tertiary alicyclic amines) is 1. The standard InChI is InChI=1S/C18H26ClN3O.HI/c1-20-17(22-11-8-18(13-22)9-12-23-14-18)21-10-2-3-15-4-6-16(19)7-5-15;/h4-7H,2-3,8-14H2,1H3,(H,20,21);1H. The smallest absolute Gasteiger partial charge is 0.193 e. The van der Waals surface area contributed by atoms with Crippen molar-refractivity contribution in [2.24, 2.45) is 10.4 Å². The Morgan fingerprint density at radius 2 is 2.12 bits per heavy atom. The van der Waals surface area contributed by atoms with Gasteiger partial charge in [0.1, 0.15) is 0 Å². The minimum Gasteiger partial charge on any atom is -0.381 e. The van der Waals surface area contributed by atoms with Crippen LogP contribution in [0.2, 0.25) is 5.02 Å². The third-order valence-corrected chi connectivity index (χ3v) is 5.23. The van der Waals surface area contributed by atoms with E-state index in [0.29, 0.717) is 5.41 Å². The number of guanidine groups is 1. The van der Waals surface area contributed by atoms with Gasteiger partial charge in [0.2, 0.25) is 0 Å². The van der Waals surface area contributed by atoms with Crippen molar-refractivity contribution in [1.82, 2.24) is 10.2 Å². The van der Waals surface area contributed by atoms with Crippen LogP contribution in [0.25, 0.3) is 0 Å². The molecule has 1 atom stereocenters. The van der Waals surface area contributed by atoms with Crippen LogP contribution < -0.4 is 5.32 Å². The molecule has 0 aliphatic carbocycles. The van der Waals surface area contributed by atoms with Crippen molar-refractivity contribution < 1.29 is 4.74 Å². The van der Waals surface area contributed by atoms with E-state index in [9.17, 15) is 0 Å². The molecule has 1 aromatic rings. The fourth-order valence-electron chi connectivity index (χ4n) is 3.56. The fourth-order valence-corrected chi connectivity index (χ4v) is 3.69. The Morgan fingerprint density at radius 3 is 2.79 bits per heavy atom. The predicted molar refractivity (Wildman–Crippen MR) is 111 cm³/mol. The quantitative estimate of drug-likeness (QED) is 0.321. The van der Waals surface area contributed by atoms with Crippen LogP contribution in [-0.2, 0) is 11.2 Å². The molecule has 24 heavy (non-hydrogen) atoms. The minimum atomic E-state index is 0. The predicted octanol–water partition coefficient (Wildman–Crippen LogP) is 3.58. The van der Waals surface area contributed by atoms with Gasteiger partial charge in [0.15, 0.2) is 5.96 Å². The fraction of sp³-hybridized carbons (Fsp3) is 0.611. The molecule has 1 N–H and O–H groups in total. The molecule has 1 unspecified atom stereocenters. The van der Waals surface area contributed by atoms with Gasteiger partial charge in [0, 0.05) is 43.7 Å². The highest BCUT2D eigenvalue weighted by molar-refractivity contribution is 14.0. The molecular weight excluding hydrogens is 437 g/mol. The average Bonchev–Trinajstić information content (AvgIpc) is 3.20. The zero-order chi connectivity index (χ0) is 16.1. The summed E-state index contributed by atoms with van der Waals surface area (Å²) in [5.41, 5.74) is 1.70. The SMILES string of the molecule is CN=C(NCCCc1ccc(Cl)cc1)N1CCC2(CCOC2)C1.I. The van der Waals surface area contributed by atoms with E-state index >= 15 is 0 Å². The zero-order valence-electron chi connectivity index (χ0n) is 14.3. The molecular formula is C18H27ClIN3O. The summed E-state index contributed by atoms with van der Waals surface area (Å²) in [5, 5.41) is 4.31. The molecule has 2 saturated heterocycles. The highest BCUT2D eigenvalue weighted by atomic mass is 127. The Hall–Kier alpha value is -0.530. The lowest BCUT2D eigenvalue weighted by molar-refractivity contribution is 0.156. The maximum absolute atomic E-state index is 5.91.